The Morgan fingerprint density at radius 3 is 2.31 bits per heavy atom. The molecule has 1 heterocycles. The van der Waals surface area contributed by atoms with E-state index in [2.05, 4.69) is 96.4 Å². The lowest BCUT2D eigenvalue weighted by atomic mass is 10.1. The number of aryl methyl sites for hydroxylation is 1. The minimum Gasteiger partial charge on any atom is -0.292 e. The third-order valence-electron chi connectivity index (χ3n) is 4.88. The third-order valence-corrected chi connectivity index (χ3v) is 4.88. The molecule has 0 aliphatic carbocycles. The molecule has 0 bridgehead atoms. The molecule has 26 heavy (non-hydrogen) atoms. The Bertz CT molecular complexity index is 1230. The van der Waals surface area contributed by atoms with Crippen molar-refractivity contribution in [1.29, 1.82) is 0 Å². The molecule has 5 rings (SSSR count). The third kappa shape index (κ3) is 2.31. The largest absolute Gasteiger partial charge is 0.292 e. The van der Waals surface area contributed by atoms with E-state index >= 15 is 0 Å². The van der Waals surface area contributed by atoms with Gasteiger partial charge < -0.3 is 0 Å². The summed E-state index contributed by atoms with van der Waals surface area (Å²) in [6.07, 6.45) is 0. The van der Waals surface area contributed by atoms with Gasteiger partial charge in [-0.1, -0.05) is 78.4 Å². The number of imidazole rings is 1. The molecular weight excluding hydrogens is 316 g/mol. The Morgan fingerprint density at radius 2 is 1.42 bits per heavy atom. The molecule has 0 spiro atoms. The second-order valence-corrected chi connectivity index (χ2v) is 6.62. The van der Waals surface area contributed by atoms with Crippen LogP contribution in [-0.2, 0) is 0 Å². The number of fused-ring (bicyclic) bond motifs is 2. The fourth-order valence-corrected chi connectivity index (χ4v) is 3.57. The van der Waals surface area contributed by atoms with E-state index in [4.69, 9.17) is 4.98 Å². The second kappa shape index (κ2) is 5.85. The van der Waals surface area contributed by atoms with Gasteiger partial charge in [-0.3, -0.25) is 4.57 Å². The monoisotopic (exact) mass is 334 g/mol. The first kappa shape index (κ1) is 14.9. The molecule has 2 heteroatoms. The van der Waals surface area contributed by atoms with Crippen molar-refractivity contribution in [3.05, 3.63) is 96.6 Å². The van der Waals surface area contributed by atoms with Crippen LogP contribution in [0.15, 0.2) is 91.0 Å². The van der Waals surface area contributed by atoms with Gasteiger partial charge in [0.15, 0.2) is 0 Å². The van der Waals surface area contributed by atoms with Crippen molar-refractivity contribution >= 4 is 21.8 Å². The van der Waals surface area contributed by atoms with E-state index in [1.165, 1.54) is 16.3 Å². The molecule has 124 valence electrons. The van der Waals surface area contributed by atoms with E-state index in [0.29, 0.717) is 0 Å². The van der Waals surface area contributed by atoms with Crippen LogP contribution in [0.3, 0.4) is 0 Å². The lowest BCUT2D eigenvalue weighted by Crippen LogP contribution is -1.98. The van der Waals surface area contributed by atoms with Crippen LogP contribution >= 0.6 is 0 Å². The zero-order chi connectivity index (χ0) is 17.5. The summed E-state index contributed by atoms with van der Waals surface area (Å²) >= 11 is 0. The summed E-state index contributed by atoms with van der Waals surface area (Å²) in [4.78, 5) is 4.96. The topological polar surface area (TPSA) is 17.8 Å². The van der Waals surface area contributed by atoms with Gasteiger partial charge in [-0.15, -0.1) is 0 Å². The fraction of sp³-hybridized carbons (Fsp3) is 0.0417. The quantitative estimate of drug-likeness (QED) is 0.378. The Labute approximate surface area is 152 Å². The van der Waals surface area contributed by atoms with Crippen molar-refractivity contribution in [3.63, 3.8) is 0 Å². The molecule has 0 unspecified atom stereocenters. The molecule has 0 radical (unpaired) electrons. The van der Waals surface area contributed by atoms with E-state index < -0.39 is 0 Å². The van der Waals surface area contributed by atoms with Crippen molar-refractivity contribution in [3.8, 4) is 17.1 Å². The number of nitrogens with zero attached hydrogens (tertiary/aromatic N) is 2. The molecule has 2 nitrogen and oxygen atoms in total. The van der Waals surface area contributed by atoms with Gasteiger partial charge in [0.25, 0.3) is 0 Å². The van der Waals surface area contributed by atoms with Crippen molar-refractivity contribution in [2.75, 3.05) is 0 Å². The standard InChI is InChI=1S/C24H18N2/c1-17-13-15-19(16-14-17)24-25-21-10-4-5-11-23(21)26(24)22-12-6-8-18-7-2-3-9-20(18)22/h2-16H,1H3. The molecule has 5 aromatic rings. The number of aromatic nitrogens is 2. The molecule has 0 amide bonds. The van der Waals surface area contributed by atoms with Crippen LogP contribution in [0.2, 0.25) is 0 Å². The molecule has 0 atom stereocenters. The highest BCUT2D eigenvalue weighted by atomic mass is 15.1. The van der Waals surface area contributed by atoms with Crippen LogP contribution in [0.1, 0.15) is 5.56 Å². The molecule has 1 aromatic heterocycles. The van der Waals surface area contributed by atoms with Crippen LogP contribution in [0, 0.1) is 6.92 Å². The highest BCUT2D eigenvalue weighted by Gasteiger charge is 2.15. The molecule has 4 aromatic carbocycles. The van der Waals surface area contributed by atoms with Crippen molar-refractivity contribution in [1.82, 2.24) is 9.55 Å². The van der Waals surface area contributed by atoms with E-state index in [9.17, 15) is 0 Å². The van der Waals surface area contributed by atoms with Gasteiger partial charge in [-0.25, -0.2) is 4.98 Å². The highest BCUT2D eigenvalue weighted by molar-refractivity contribution is 5.94. The molecule has 0 fully saturated rings. The van der Waals surface area contributed by atoms with Crippen LogP contribution in [0.25, 0.3) is 38.9 Å². The minimum absolute atomic E-state index is 0.975. The van der Waals surface area contributed by atoms with Gasteiger partial charge in [0.2, 0.25) is 0 Å². The first-order valence-corrected chi connectivity index (χ1v) is 8.84. The smallest absolute Gasteiger partial charge is 0.145 e. The summed E-state index contributed by atoms with van der Waals surface area (Å²) in [5, 5.41) is 2.46. The highest BCUT2D eigenvalue weighted by Crippen LogP contribution is 2.32. The summed E-state index contributed by atoms with van der Waals surface area (Å²) in [5.74, 6) is 0.975. The number of benzene rings is 4. The van der Waals surface area contributed by atoms with Gasteiger partial charge >= 0.3 is 0 Å². The number of hydrogen-bond acceptors (Lipinski definition) is 1. The van der Waals surface area contributed by atoms with Gasteiger partial charge in [0.05, 0.1) is 16.7 Å². The normalized spacial score (nSPS) is 11.3. The van der Waals surface area contributed by atoms with Crippen molar-refractivity contribution < 1.29 is 0 Å². The molecule has 0 N–H and O–H groups in total. The molecular formula is C24H18N2. The van der Waals surface area contributed by atoms with Crippen LogP contribution in [0.4, 0.5) is 0 Å². The zero-order valence-electron chi connectivity index (χ0n) is 14.6. The number of rotatable bonds is 2. The lowest BCUT2D eigenvalue weighted by Gasteiger charge is -2.13. The zero-order valence-corrected chi connectivity index (χ0v) is 14.6. The summed E-state index contributed by atoms with van der Waals surface area (Å²) in [5.41, 5.74) is 5.67. The van der Waals surface area contributed by atoms with Gasteiger partial charge in [0, 0.05) is 10.9 Å². The lowest BCUT2D eigenvalue weighted by molar-refractivity contribution is 1.11. The predicted molar refractivity (Wildman–Crippen MR) is 109 cm³/mol. The second-order valence-electron chi connectivity index (χ2n) is 6.62. The first-order valence-electron chi connectivity index (χ1n) is 8.84. The number of hydrogen-bond donors (Lipinski definition) is 0. The van der Waals surface area contributed by atoms with Crippen LogP contribution < -0.4 is 0 Å². The maximum atomic E-state index is 4.96. The molecule has 0 saturated carbocycles. The molecule has 0 aliphatic rings. The van der Waals surface area contributed by atoms with Crippen molar-refractivity contribution in [2.45, 2.75) is 6.92 Å². The predicted octanol–water partition coefficient (Wildman–Crippen LogP) is 6.15. The Kier molecular flexibility index (Phi) is 3.36. The maximum Gasteiger partial charge on any atom is 0.145 e. The summed E-state index contributed by atoms with van der Waals surface area (Å²) in [6.45, 7) is 2.11. The van der Waals surface area contributed by atoms with Crippen LogP contribution in [0.5, 0.6) is 0 Å². The van der Waals surface area contributed by atoms with E-state index in [-0.39, 0.29) is 0 Å². The minimum atomic E-state index is 0.975. The fourth-order valence-electron chi connectivity index (χ4n) is 3.57. The average Bonchev–Trinajstić information content (AvgIpc) is 3.07. The summed E-state index contributed by atoms with van der Waals surface area (Å²) in [6, 6.07) is 31.9. The molecule has 0 saturated heterocycles. The van der Waals surface area contributed by atoms with Crippen molar-refractivity contribution in [2.24, 2.45) is 0 Å². The van der Waals surface area contributed by atoms with Gasteiger partial charge in [-0.2, -0.15) is 0 Å². The first-order chi connectivity index (χ1) is 12.8. The van der Waals surface area contributed by atoms with Gasteiger partial charge in [0.1, 0.15) is 5.82 Å². The summed E-state index contributed by atoms with van der Waals surface area (Å²) in [7, 11) is 0. The molecule has 0 aliphatic heterocycles. The summed E-state index contributed by atoms with van der Waals surface area (Å²) < 4.78 is 2.28. The van der Waals surface area contributed by atoms with E-state index in [1.807, 2.05) is 6.07 Å². The Hall–Kier alpha value is -3.39. The average molecular weight is 334 g/mol. The SMILES string of the molecule is Cc1ccc(-c2nc3ccccc3n2-c2cccc3ccccc23)cc1. The van der Waals surface area contributed by atoms with E-state index in [0.717, 1.165) is 28.1 Å². The van der Waals surface area contributed by atoms with Crippen LogP contribution in [-0.4, -0.2) is 9.55 Å². The Morgan fingerprint density at radius 1 is 0.692 bits per heavy atom. The van der Waals surface area contributed by atoms with Gasteiger partial charge in [-0.05, 0) is 30.5 Å². The maximum absolute atomic E-state index is 4.96. The number of para-hydroxylation sites is 2. The van der Waals surface area contributed by atoms with E-state index in [1.54, 1.807) is 0 Å². The Balaban J connectivity index is 1.89.